The van der Waals surface area contributed by atoms with Crippen LogP contribution in [0.15, 0.2) is 48.5 Å². The molecular formula is C27H38N2O3. The molecule has 1 saturated heterocycles. The van der Waals surface area contributed by atoms with Crippen molar-refractivity contribution in [2.45, 2.75) is 71.4 Å². The van der Waals surface area contributed by atoms with Gasteiger partial charge < -0.3 is 19.7 Å². The van der Waals surface area contributed by atoms with E-state index in [1.54, 1.807) is 0 Å². The zero-order valence-electron chi connectivity index (χ0n) is 20.0. The molecule has 32 heavy (non-hydrogen) atoms. The Morgan fingerprint density at radius 2 is 1.84 bits per heavy atom. The van der Waals surface area contributed by atoms with Gasteiger partial charge in [0.05, 0.1) is 12.7 Å². The van der Waals surface area contributed by atoms with Gasteiger partial charge in [-0.3, -0.25) is 0 Å². The number of rotatable bonds is 9. The average molecular weight is 439 g/mol. The van der Waals surface area contributed by atoms with E-state index in [0.29, 0.717) is 19.7 Å². The van der Waals surface area contributed by atoms with Gasteiger partial charge in [-0.05, 0) is 60.1 Å². The van der Waals surface area contributed by atoms with Crippen molar-refractivity contribution in [3.63, 3.8) is 0 Å². The summed E-state index contributed by atoms with van der Waals surface area (Å²) >= 11 is 0. The fraction of sp³-hybridized carbons (Fsp3) is 0.519. The molecule has 3 rings (SSSR count). The molecule has 0 aliphatic carbocycles. The molecular weight excluding hydrogens is 400 g/mol. The molecule has 0 saturated carbocycles. The van der Waals surface area contributed by atoms with E-state index in [9.17, 15) is 4.79 Å². The number of amides is 2. The maximum absolute atomic E-state index is 13.2. The topological polar surface area (TPSA) is 50.8 Å². The van der Waals surface area contributed by atoms with Gasteiger partial charge in [0.15, 0.2) is 0 Å². The molecule has 1 aliphatic rings. The molecule has 5 nitrogen and oxygen atoms in total. The number of hydrogen-bond acceptors (Lipinski definition) is 3. The highest BCUT2D eigenvalue weighted by Crippen LogP contribution is 2.23. The van der Waals surface area contributed by atoms with E-state index in [1.807, 2.05) is 29.2 Å². The smallest absolute Gasteiger partial charge is 0.322 e. The Morgan fingerprint density at radius 3 is 2.44 bits per heavy atom. The van der Waals surface area contributed by atoms with E-state index in [-0.39, 0.29) is 17.6 Å². The minimum Gasteiger partial charge on any atom is -0.494 e. The summed E-state index contributed by atoms with van der Waals surface area (Å²) in [5.41, 5.74) is 3.28. The van der Waals surface area contributed by atoms with Crippen molar-refractivity contribution in [3.8, 4) is 5.75 Å². The Hall–Kier alpha value is -2.53. The van der Waals surface area contributed by atoms with Crippen molar-refractivity contribution in [2.24, 2.45) is 0 Å². The number of benzene rings is 2. The van der Waals surface area contributed by atoms with Gasteiger partial charge in [-0.25, -0.2) is 4.79 Å². The van der Waals surface area contributed by atoms with Gasteiger partial charge in [0.25, 0.3) is 0 Å². The number of carbonyl (C=O) groups is 1. The third-order valence-electron chi connectivity index (χ3n) is 5.80. The van der Waals surface area contributed by atoms with Crippen molar-refractivity contribution < 1.29 is 14.3 Å². The number of nitrogens with zero attached hydrogens (tertiary/aromatic N) is 1. The van der Waals surface area contributed by atoms with E-state index in [2.05, 4.69) is 57.3 Å². The molecule has 1 heterocycles. The van der Waals surface area contributed by atoms with E-state index in [1.165, 1.54) is 5.56 Å². The molecule has 2 aromatic rings. The van der Waals surface area contributed by atoms with Gasteiger partial charge in [-0.2, -0.15) is 0 Å². The van der Waals surface area contributed by atoms with E-state index in [0.717, 1.165) is 49.3 Å². The van der Waals surface area contributed by atoms with Crippen LogP contribution in [0.1, 0.15) is 64.5 Å². The minimum atomic E-state index is -0.111. The summed E-state index contributed by atoms with van der Waals surface area (Å²) in [4.78, 5) is 15.0. The highest BCUT2D eigenvalue weighted by atomic mass is 16.5. The number of hydrogen-bond donors (Lipinski definition) is 1. The molecule has 0 spiro atoms. The summed E-state index contributed by atoms with van der Waals surface area (Å²) in [6.07, 6.45) is 4.29. The first-order chi connectivity index (χ1) is 15.3. The van der Waals surface area contributed by atoms with E-state index >= 15 is 0 Å². The molecule has 174 valence electrons. The molecule has 2 aromatic carbocycles. The Bertz CT molecular complexity index is 835. The molecule has 0 radical (unpaired) electrons. The standard InChI is InChI=1S/C27H38N2O3/c1-5-6-17-31-24-15-13-23(14-16-24)28-26(30)29(20-25-8-7-18-32-25)19-21-9-11-22(12-10-21)27(2,3)4/h9-16,25H,5-8,17-20H2,1-4H3,(H,28,30). The molecule has 1 unspecified atom stereocenters. The Balaban J connectivity index is 1.65. The second kappa shape index (κ2) is 11.4. The number of ether oxygens (including phenoxy) is 2. The molecule has 1 fully saturated rings. The number of anilines is 1. The highest BCUT2D eigenvalue weighted by Gasteiger charge is 2.23. The SMILES string of the molecule is CCCCOc1ccc(NC(=O)N(Cc2ccc(C(C)(C)C)cc2)CC2CCCO2)cc1. The minimum absolute atomic E-state index is 0.101. The van der Waals surface area contributed by atoms with Crippen LogP contribution in [-0.4, -0.2) is 36.8 Å². The van der Waals surface area contributed by atoms with Crippen LogP contribution in [0.2, 0.25) is 0 Å². The second-order valence-corrected chi connectivity index (χ2v) is 9.62. The van der Waals surface area contributed by atoms with Crippen LogP contribution in [0.5, 0.6) is 5.75 Å². The first-order valence-electron chi connectivity index (χ1n) is 11.8. The Labute approximate surface area is 193 Å². The monoisotopic (exact) mass is 438 g/mol. The number of urea groups is 1. The lowest BCUT2D eigenvalue weighted by molar-refractivity contribution is 0.0819. The quantitative estimate of drug-likeness (QED) is 0.462. The Morgan fingerprint density at radius 1 is 1.12 bits per heavy atom. The van der Waals surface area contributed by atoms with Gasteiger partial charge in [-0.15, -0.1) is 0 Å². The van der Waals surface area contributed by atoms with Crippen LogP contribution in [0.4, 0.5) is 10.5 Å². The number of carbonyl (C=O) groups excluding carboxylic acids is 1. The summed E-state index contributed by atoms with van der Waals surface area (Å²) < 4.78 is 11.5. The van der Waals surface area contributed by atoms with Crippen molar-refractivity contribution in [3.05, 3.63) is 59.7 Å². The van der Waals surface area contributed by atoms with Crippen LogP contribution in [0, 0.1) is 0 Å². The largest absolute Gasteiger partial charge is 0.494 e. The summed E-state index contributed by atoms with van der Waals surface area (Å²) in [6.45, 7) is 11.4. The fourth-order valence-electron chi connectivity index (χ4n) is 3.76. The van der Waals surface area contributed by atoms with Gasteiger partial charge >= 0.3 is 6.03 Å². The molecule has 0 aromatic heterocycles. The lowest BCUT2D eigenvalue weighted by atomic mass is 9.87. The van der Waals surface area contributed by atoms with Gasteiger partial charge in [0, 0.05) is 25.4 Å². The summed E-state index contributed by atoms with van der Waals surface area (Å²) in [5, 5.41) is 3.04. The predicted octanol–water partition coefficient (Wildman–Crippen LogP) is 6.38. The highest BCUT2D eigenvalue weighted by molar-refractivity contribution is 5.89. The molecule has 2 amide bonds. The molecule has 1 N–H and O–H groups in total. The van der Waals surface area contributed by atoms with Crippen LogP contribution >= 0.6 is 0 Å². The summed E-state index contributed by atoms with van der Waals surface area (Å²) in [7, 11) is 0. The molecule has 1 atom stereocenters. The van der Waals surface area contributed by atoms with E-state index < -0.39 is 0 Å². The third-order valence-corrected chi connectivity index (χ3v) is 5.80. The van der Waals surface area contributed by atoms with Gasteiger partial charge in [-0.1, -0.05) is 58.4 Å². The second-order valence-electron chi connectivity index (χ2n) is 9.62. The fourth-order valence-corrected chi connectivity index (χ4v) is 3.76. The maximum atomic E-state index is 13.2. The average Bonchev–Trinajstić information content (AvgIpc) is 3.28. The van der Waals surface area contributed by atoms with Crippen LogP contribution in [-0.2, 0) is 16.7 Å². The lowest BCUT2D eigenvalue weighted by Gasteiger charge is -2.26. The number of unbranched alkanes of at least 4 members (excludes halogenated alkanes) is 1. The van der Waals surface area contributed by atoms with Gasteiger partial charge in [0.2, 0.25) is 0 Å². The first kappa shape index (κ1) is 24.1. The van der Waals surface area contributed by atoms with Crippen LogP contribution < -0.4 is 10.1 Å². The molecule has 1 aliphatic heterocycles. The summed E-state index contributed by atoms with van der Waals surface area (Å²) in [5.74, 6) is 0.826. The van der Waals surface area contributed by atoms with Crippen molar-refractivity contribution in [1.82, 2.24) is 4.90 Å². The normalized spacial score (nSPS) is 16.1. The zero-order valence-corrected chi connectivity index (χ0v) is 20.0. The van der Waals surface area contributed by atoms with Crippen LogP contribution in [0.25, 0.3) is 0 Å². The lowest BCUT2D eigenvalue weighted by Crippen LogP contribution is -2.39. The van der Waals surface area contributed by atoms with Gasteiger partial charge in [0.1, 0.15) is 5.75 Å². The molecule has 5 heteroatoms. The van der Waals surface area contributed by atoms with Crippen molar-refractivity contribution in [2.75, 3.05) is 25.1 Å². The summed E-state index contributed by atoms with van der Waals surface area (Å²) in [6, 6.07) is 16.0. The molecule has 0 bridgehead atoms. The zero-order chi connectivity index (χ0) is 23.0. The van der Waals surface area contributed by atoms with Crippen molar-refractivity contribution in [1.29, 1.82) is 0 Å². The van der Waals surface area contributed by atoms with Crippen molar-refractivity contribution >= 4 is 11.7 Å². The van der Waals surface area contributed by atoms with E-state index in [4.69, 9.17) is 9.47 Å². The Kier molecular flexibility index (Phi) is 8.57. The number of nitrogens with one attached hydrogen (secondary N) is 1. The third kappa shape index (κ3) is 7.27. The first-order valence-corrected chi connectivity index (χ1v) is 11.8. The predicted molar refractivity (Wildman–Crippen MR) is 130 cm³/mol. The maximum Gasteiger partial charge on any atom is 0.322 e. The van der Waals surface area contributed by atoms with Crippen LogP contribution in [0.3, 0.4) is 0 Å².